The smallest absolute Gasteiger partial charge is 0.315 e. The van der Waals surface area contributed by atoms with E-state index < -0.39 is 5.60 Å². The molecule has 1 heterocycles. The summed E-state index contributed by atoms with van der Waals surface area (Å²) in [4.78, 5) is 13.9. The second-order valence-electron chi connectivity index (χ2n) is 5.88. The van der Waals surface area contributed by atoms with Crippen molar-refractivity contribution in [2.45, 2.75) is 19.1 Å². The monoisotopic (exact) mass is 333 g/mol. The van der Waals surface area contributed by atoms with E-state index in [1.807, 2.05) is 60.1 Å². The third-order valence-corrected chi connectivity index (χ3v) is 4.33. The number of thiophene rings is 1. The van der Waals surface area contributed by atoms with Crippen LogP contribution in [0.25, 0.3) is 0 Å². The van der Waals surface area contributed by atoms with E-state index in [2.05, 4.69) is 10.6 Å². The van der Waals surface area contributed by atoms with Crippen molar-refractivity contribution < 1.29 is 9.90 Å². The summed E-state index contributed by atoms with van der Waals surface area (Å²) in [6, 6.07) is 9.55. The third kappa shape index (κ3) is 4.97. The summed E-state index contributed by atoms with van der Waals surface area (Å²) in [6.07, 6.45) is 0. The van der Waals surface area contributed by atoms with Gasteiger partial charge < -0.3 is 20.6 Å². The van der Waals surface area contributed by atoms with E-state index >= 15 is 0 Å². The average Bonchev–Trinajstić information content (AvgIpc) is 3.06. The van der Waals surface area contributed by atoms with Crippen molar-refractivity contribution in [3.8, 4) is 0 Å². The summed E-state index contributed by atoms with van der Waals surface area (Å²) in [5, 5.41) is 19.6. The van der Waals surface area contributed by atoms with Crippen LogP contribution in [0.4, 0.5) is 10.5 Å². The summed E-state index contributed by atoms with van der Waals surface area (Å²) >= 11 is 1.52. The first-order chi connectivity index (χ1) is 10.9. The molecule has 6 heteroatoms. The number of anilines is 1. The Morgan fingerprint density at radius 3 is 2.48 bits per heavy atom. The molecule has 0 radical (unpaired) electrons. The van der Waals surface area contributed by atoms with Gasteiger partial charge in [0.25, 0.3) is 0 Å². The Balaban J connectivity index is 1.79. The van der Waals surface area contributed by atoms with Gasteiger partial charge in [0, 0.05) is 26.3 Å². The zero-order valence-corrected chi connectivity index (χ0v) is 14.5. The van der Waals surface area contributed by atoms with Gasteiger partial charge in [0.1, 0.15) is 5.60 Å². The fraction of sp³-hybridized carbons (Fsp3) is 0.353. The molecule has 1 aromatic heterocycles. The number of nitrogens with zero attached hydrogens (tertiary/aromatic N) is 1. The van der Waals surface area contributed by atoms with Gasteiger partial charge in [-0.1, -0.05) is 12.1 Å². The molecule has 0 aliphatic rings. The van der Waals surface area contributed by atoms with Crippen LogP contribution in [0.5, 0.6) is 0 Å². The van der Waals surface area contributed by atoms with E-state index in [0.717, 1.165) is 16.8 Å². The molecular weight excluding hydrogens is 310 g/mol. The number of benzene rings is 1. The first kappa shape index (κ1) is 17.3. The largest absolute Gasteiger partial charge is 0.384 e. The van der Waals surface area contributed by atoms with Crippen molar-refractivity contribution in [1.82, 2.24) is 10.6 Å². The van der Waals surface area contributed by atoms with E-state index in [1.165, 1.54) is 11.3 Å². The van der Waals surface area contributed by atoms with Gasteiger partial charge in [-0.15, -0.1) is 0 Å². The molecule has 0 fully saturated rings. The maximum atomic E-state index is 11.9. The van der Waals surface area contributed by atoms with Crippen LogP contribution in [0.15, 0.2) is 41.1 Å². The van der Waals surface area contributed by atoms with Crippen LogP contribution in [-0.2, 0) is 12.1 Å². The highest BCUT2D eigenvalue weighted by atomic mass is 32.1. The Bertz CT molecular complexity index is 622. The fourth-order valence-corrected chi connectivity index (χ4v) is 2.86. The minimum Gasteiger partial charge on any atom is -0.384 e. The minimum absolute atomic E-state index is 0.162. The molecule has 0 aliphatic carbocycles. The van der Waals surface area contributed by atoms with Crippen LogP contribution in [0.3, 0.4) is 0 Å². The van der Waals surface area contributed by atoms with Crippen LogP contribution in [0.1, 0.15) is 18.1 Å². The molecule has 2 aromatic rings. The standard InChI is InChI=1S/C17H23N3O2S/c1-17(22,14-8-9-23-11-14)12-19-16(21)18-10-13-4-6-15(7-5-13)20(2)3/h4-9,11,22H,10,12H2,1-3H3,(H2,18,19,21). The van der Waals surface area contributed by atoms with Crippen LogP contribution < -0.4 is 15.5 Å². The van der Waals surface area contributed by atoms with Crippen molar-refractivity contribution >= 4 is 23.1 Å². The molecule has 2 amide bonds. The third-order valence-electron chi connectivity index (χ3n) is 3.64. The highest BCUT2D eigenvalue weighted by Gasteiger charge is 2.24. The number of amides is 2. The summed E-state index contributed by atoms with van der Waals surface area (Å²) in [6.45, 7) is 2.30. The normalized spacial score (nSPS) is 13.2. The highest BCUT2D eigenvalue weighted by molar-refractivity contribution is 7.08. The fourth-order valence-electron chi connectivity index (χ4n) is 2.08. The number of hydrogen-bond donors (Lipinski definition) is 3. The predicted molar refractivity (Wildman–Crippen MR) is 94.9 cm³/mol. The zero-order valence-electron chi connectivity index (χ0n) is 13.7. The van der Waals surface area contributed by atoms with Crippen molar-refractivity contribution in [2.75, 3.05) is 25.5 Å². The number of aliphatic hydroxyl groups is 1. The van der Waals surface area contributed by atoms with Gasteiger partial charge in [0.2, 0.25) is 0 Å². The maximum absolute atomic E-state index is 11.9. The number of nitrogens with one attached hydrogen (secondary N) is 2. The molecular formula is C17H23N3O2S. The number of urea groups is 1. The second-order valence-corrected chi connectivity index (χ2v) is 6.66. The second kappa shape index (κ2) is 7.48. The molecule has 1 aromatic carbocycles. The highest BCUT2D eigenvalue weighted by Crippen LogP contribution is 2.21. The van der Waals surface area contributed by atoms with E-state index in [9.17, 15) is 9.90 Å². The van der Waals surface area contributed by atoms with Crippen LogP contribution in [0.2, 0.25) is 0 Å². The number of carbonyl (C=O) groups is 1. The molecule has 0 saturated heterocycles. The molecule has 0 saturated carbocycles. The molecule has 0 bridgehead atoms. The molecule has 5 nitrogen and oxygen atoms in total. The van der Waals surface area contributed by atoms with Gasteiger partial charge in [-0.05, 0) is 47.0 Å². The van der Waals surface area contributed by atoms with E-state index in [1.54, 1.807) is 6.92 Å². The van der Waals surface area contributed by atoms with Gasteiger partial charge in [-0.25, -0.2) is 4.79 Å². The van der Waals surface area contributed by atoms with Gasteiger partial charge in [-0.2, -0.15) is 11.3 Å². The molecule has 3 N–H and O–H groups in total. The maximum Gasteiger partial charge on any atom is 0.315 e. The summed E-state index contributed by atoms with van der Waals surface area (Å²) in [5.74, 6) is 0. The van der Waals surface area contributed by atoms with Gasteiger partial charge >= 0.3 is 6.03 Å². The molecule has 124 valence electrons. The van der Waals surface area contributed by atoms with Crippen molar-refractivity contribution in [3.05, 3.63) is 52.2 Å². The summed E-state index contributed by atoms with van der Waals surface area (Å²) < 4.78 is 0. The Morgan fingerprint density at radius 2 is 1.91 bits per heavy atom. The molecule has 2 rings (SSSR count). The quantitative estimate of drug-likeness (QED) is 0.761. The number of hydrogen-bond acceptors (Lipinski definition) is 4. The zero-order chi connectivity index (χ0) is 16.9. The van der Waals surface area contributed by atoms with Gasteiger partial charge in [0.05, 0.1) is 6.54 Å². The molecule has 0 spiro atoms. The lowest BCUT2D eigenvalue weighted by molar-refractivity contribution is 0.0598. The molecule has 1 atom stereocenters. The Kier molecular flexibility index (Phi) is 5.63. The van der Waals surface area contributed by atoms with Crippen molar-refractivity contribution in [1.29, 1.82) is 0 Å². The Hall–Kier alpha value is -2.05. The van der Waals surface area contributed by atoms with E-state index in [0.29, 0.717) is 6.54 Å². The van der Waals surface area contributed by atoms with Crippen LogP contribution in [-0.4, -0.2) is 31.8 Å². The molecule has 1 unspecified atom stereocenters. The van der Waals surface area contributed by atoms with E-state index in [4.69, 9.17) is 0 Å². The summed E-state index contributed by atoms with van der Waals surface area (Å²) in [7, 11) is 3.97. The Labute approximate surface area is 140 Å². The SMILES string of the molecule is CN(C)c1ccc(CNC(=O)NCC(C)(O)c2ccsc2)cc1. The molecule has 0 aliphatic heterocycles. The van der Waals surface area contributed by atoms with E-state index in [-0.39, 0.29) is 12.6 Å². The first-order valence-corrected chi connectivity index (χ1v) is 8.36. The van der Waals surface area contributed by atoms with Gasteiger partial charge in [0.15, 0.2) is 0 Å². The summed E-state index contributed by atoms with van der Waals surface area (Å²) in [5.41, 5.74) is 1.88. The van der Waals surface area contributed by atoms with Crippen LogP contribution in [0, 0.1) is 0 Å². The minimum atomic E-state index is -1.06. The molecule has 23 heavy (non-hydrogen) atoms. The Morgan fingerprint density at radius 1 is 1.22 bits per heavy atom. The lowest BCUT2D eigenvalue weighted by atomic mass is 9.99. The first-order valence-electron chi connectivity index (χ1n) is 7.41. The number of carbonyl (C=O) groups excluding carboxylic acids is 1. The van der Waals surface area contributed by atoms with Gasteiger partial charge in [-0.3, -0.25) is 0 Å². The average molecular weight is 333 g/mol. The van der Waals surface area contributed by atoms with Crippen LogP contribution >= 0.6 is 11.3 Å². The topological polar surface area (TPSA) is 64.6 Å². The lowest BCUT2D eigenvalue weighted by Crippen LogP contribution is -2.43. The number of rotatable bonds is 6. The lowest BCUT2D eigenvalue weighted by Gasteiger charge is -2.22. The van der Waals surface area contributed by atoms with Crippen molar-refractivity contribution in [2.24, 2.45) is 0 Å². The van der Waals surface area contributed by atoms with Crippen molar-refractivity contribution in [3.63, 3.8) is 0 Å². The predicted octanol–water partition coefficient (Wildman–Crippen LogP) is 2.52.